The summed E-state index contributed by atoms with van der Waals surface area (Å²) in [5, 5.41) is 0.791. The summed E-state index contributed by atoms with van der Waals surface area (Å²) in [7, 11) is 0. The number of rotatable bonds is 6. The Hall–Kier alpha value is 0.270. The van der Waals surface area contributed by atoms with Gasteiger partial charge in [0.1, 0.15) is 0 Å². The summed E-state index contributed by atoms with van der Waals surface area (Å²) in [6.45, 7) is 9.11. The molecule has 2 aliphatic rings. The molecule has 2 rings (SSSR count). The summed E-state index contributed by atoms with van der Waals surface area (Å²) in [4.78, 5) is 2.78. The minimum Gasteiger partial charge on any atom is -0.329 e. The number of nitrogens with two attached hydrogens (primary N) is 1. The topological polar surface area (TPSA) is 29.3 Å². The van der Waals surface area contributed by atoms with Gasteiger partial charge in [-0.05, 0) is 38.1 Å². The van der Waals surface area contributed by atoms with Gasteiger partial charge in [0.15, 0.2) is 0 Å². The van der Waals surface area contributed by atoms with Crippen molar-refractivity contribution in [3.8, 4) is 0 Å². The smallest absolute Gasteiger partial charge is 0.0435 e. The van der Waals surface area contributed by atoms with Crippen LogP contribution in [0.25, 0.3) is 0 Å². The van der Waals surface area contributed by atoms with E-state index in [1.54, 1.807) is 0 Å². The summed E-state index contributed by atoms with van der Waals surface area (Å²) in [6, 6.07) is 0.850. The molecule has 0 aromatic rings. The third kappa shape index (κ3) is 3.18. The first-order valence-corrected chi connectivity index (χ1v) is 8.21. The van der Waals surface area contributed by atoms with Gasteiger partial charge < -0.3 is 5.73 Å². The Morgan fingerprint density at radius 2 is 2.12 bits per heavy atom. The minimum absolute atomic E-state index is 0.320. The lowest BCUT2D eigenvalue weighted by Crippen LogP contribution is -2.55. The molecule has 1 aliphatic heterocycles. The van der Waals surface area contributed by atoms with Crippen LogP contribution in [-0.4, -0.2) is 40.6 Å². The molecule has 2 atom stereocenters. The Labute approximate surface area is 111 Å². The van der Waals surface area contributed by atoms with E-state index in [2.05, 4.69) is 37.4 Å². The van der Waals surface area contributed by atoms with Gasteiger partial charge in [-0.1, -0.05) is 20.8 Å². The van der Waals surface area contributed by atoms with Crippen LogP contribution in [0.2, 0.25) is 0 Å². The van der Waals surface area contributed by atoms with Crippen molar-refractivity contribution in [2.75, 3.05) is 18.8 Å². The molecule has 100 valence electrons. The van der Waals surface area contributed by atoms with E-state index in [4.69, 9.17) is 5.73 Å². The Morgan fingerprint density at radius 1 is 1.41 bits per heavy atom. The zero-order valence-electron chi connectivity index (χ0n) is 11.6. The average molecular weight is 256 g/mol. The molecule has 0 aromatic carbocycles. The van der Waals surface area contributed by atoms with Crippen LogP contribution in [-0.2, 0) is 0 Å². The number of thioether (sulfide) groups is 1. The maximum absolute atomic E-state index is 6.15. The Morgan fingerprint density at radius 3 is 2.53 bits per heavy atom. The molecule has 2 fully saturated rings. The minimum atomic E-state index is 0.320. The fourth-order valence-corrected chi connectivity index (χ4v) is 4.42. The van der Waals surface area contributed by atoms with Crippen LogP contribution in [0.15, 0.2) is 0 Å². The zero-order valence-corrected chi connectivity index (χ0v) is 12.4. The molecule has 1 saturated carbocycles. The predicted molar refractivity (Wildman–Crippen MR) is 77.5 cm³/mol. The monoisotopic (exact) mass is 256 g/mol. The lowest BCUT2D eigenvalue weighted by Gasteiger charge is -2.41. The molecule has 17 heavy (non-hydrogen) atoms. The molecule has 3 heteroatoms. The summed E-state index contributed by atoms with van der Waals surface area (Å²) < 4.78 is 0. The average Bonchev–Trinajstić information content (AvgIpc) is 3.03. The van der Waals surface area contributed by atoms with E-state index in [1.807, 2.05) is 0 Å². The molecule has 0 aromatic heterocycles. The second-order valence-electron chi connectivity index (χ2n) is 6.36. The molecule has 0 spiro atoms. The van der Waals surface area contributed by atoms with Gasteiger partial charge >= 0.3 is 0 Å². The molecule has 0 bridgehead atoms. The molecule has 2 N–H and O–H groups in total. The summed E-state index contributed by atoms with van der Waals surface area (Å²) in [5.41, 5.74) is 6.47. The van der Waals surface area contributed by atoms with Gasteiger partial charge in [0.25, 0.3) is 0 Å². The van der Waals surface area contributed by atoms with Crippen LogP contribution >= 0.6 is 11.8 Å². The van der Waals surface area contributed by atoms with Crippen molar-refractivity contribution in [3.63, 3.8) is 0 Å². The van der Waals surface area contributed by atoms with E-state index in [9.17, 15) is 0 Å². The first-order valence-electron chi connectivity index (χ1n) is 7.16. The maximum Gasteiger partial charge on any atom is 0.0435 e. The van der Waals surface area contributed by atoms with Crippen LogP contribution in [0.4, 0.5) is 0 Å². The third-order valence-corrected chi connectivity index (χ3v) is 5.67. The zero-order chi connectivity index (χ0) is 12.5. The quantitative estimate of drug-likeness (QED) is 0.792. The molecular formula is C14H28N2S. The second kappa shape index (κ2) is 5.50. The van der Waals surface area contributed by atoms with Gasteiger partial charge in [-0.2, -0.15) is 11.8 Å². The Kier molecular flexibility index (Phi) is 4.43. The van der Waals surface area contributed by atoms with Crippen molar-refractivity contribution in [1.82, 2.24) is 4.90 Å². The van der Waals surface area contributed by atoms with Gasteiger partial charge in [0.05, 0.1) is 0 Å². The van der Waals surface area contributed by atoms with E-state index in [0.29, 0.717) is 5.54 Å². The highest BCUT2D eigenvalue weighted by molar-refractivity contribution is 8.00. The predicted octanol–water partition coefficient (Wildman–Crippen LogP) is 2.72. The molecule has 1 aliphatic carbocycles. The van der Waals surface area contributed by atoms with Crippen LogP contribution in [0.1, 0.15) is 46.5 Å². The first-order chi connectivity index (χ1) is 8.07. The molecule has 2 unspecified atom stereocenters. The number of hydrogen-bond acceptors (Lipinski definition) is 3. The van der Waals surface area contributed by atoms with Crippen LogP contribution in [0.5, 0.6) is 0 Å². The van der Waals surface area contributed by atoms with Crippen molar-refractivity contribution in [3.05, 3.63) is 0 Å². The standard InChI is InChI=1S/C14H28N2S/c1-11(2)6-7-16(13-4-5-13)14(9-15)8-12(3)17-10-14/h11-13H,4-10,15H2,1-3H3. The van der Waals surface area contributed by atoms with Gasteiger partial charge in [0, 0.05) is 29.1 Å². The van der Waals surface area contributed by atoms with Gasteiger partial charge in [0.2, 0.25) is 0 Å². The lowest BCUT2D eigenvalue weighted by atomic mass is 9.92. The number of nitrogens with zero attached hydrogens (tertiary/aromatic N) is 1. The Bertz CT molecular complexity index is 253. The summed E-state index contributed by atoms with van der Waals surface area (Å²) in [5.74, 6) is 2.05. The lowest BCUT2D eigenvalue weighted by molar-refractivity contribution is 0.0969. The number of hydrogen-bond donors (Lipinski definition) is 1. The van der Waals surface area contributed by atoms with Crippen molar-refractivity contribution < 1.29 is 0 Å². The van der Waals surface area contributed by atoms with Crippen molar-refractivity contribution >= 4 is 11.8 Å². The van der Waals surface area contributed by atoms with E-state index < -0.39 is 0 Å². The third-order valence-electron chi connectivity index (χ3n) is 4.23. The molecule has 2 nitrogen and oxygen atoms in total. The molecule has 1 heterocycles. The first kappa shape index (κ1) is 13.7. The molecular weight excluding hydrogens is 228 g/mol. The van der Waals surface area contributed by atoms with Crippen LogP contribution in [0.3, 0.4) is 0 Å². The van der Waals surface area contributed by atoms with Gasteiger partial charge in [-0.25, -0.2) is 0 Å². The highest BCUT2D eigenvalue weighted by Gasteiger charge is 2.47. The molecule has 0 radical (unpaired) electrons. The van der Waals surface area contributed by atoms with Crippen LogP contribution < -0.4 is 5.73 Å². The molecule has 1 saturated heterocycles. The van der Waals surface area contributed by atoms with Crippen molar-refractivity contribution in [2.24, 2.45) is 11.7 Å². The fraction of sp³-hybridized carbons (Fsp3) is 1.00. The SMILES string of the molecule is CC(C)CCN(C1CC1)C1(CN)CSC(C)C1. The van der Waals surface area contributed by atoms with Crippen molar-refractivity contribution in [2.45, 2.75) is 63.3 Å². The van der Waals surface area contributed by atoms with E-state index in [1.165, 1.54) is 38.0 Å². The van der Waals surface area contributed by atoms with Crippen LogP contribution in [0, 0.1) is 5.92 Å². The largest absolute Gasteiger partial charge is 0.329 e. The Balaban J connectivity index is 2.02. The van der Waals surface area contributed by atoms with E-state index in [-0.39, 0.29) is 0 Å². The highest BCUT2D eigenvalue weighted by atomic mass is 32.2. The second-order valence-corrected chi connectivity index (χ2v) is 7.79. The van der Waals surface area contributed by atoms with E-state index in [0.717, 1.165) is 23.8 Å². The van der Waals surface area contributed by atoms with Gasteiger partial charge in [-0.15, -0.1) is 0 Å². The van der Waals surface area contributed by atoms with E-state index >= 15 is 0 Å². The van der Waals surface area contributed by atoms with Gasteiger partial charge in [-0.3, -0.25) is 4.90 Å². The maximum atomic E-state index is 6.15. The normalized spacial score (nSPS) is 33.9. The molecule has 0 amide bonds. The summed E-state index contributed by atoms with van der Waals surface area (Å²) >= 11 is 2.11. The van der Waals surface area contributed by atoms with Crippen molar-refractivity contribution in [1.29, 1.82) is 0 Å². The fourth-order valence-electron chi connectivity index (χ4n) is 3.00. The summed E-state index contributed by atoms with van der Waals surface area (Å²) in [6.07, 6.45) is 5.41. The highest BCUT2D eigenvalue weighted by Crippen LogP contribution is 2.43.